The van der Waals surface area contributed by atoms with Crippen LogP contribution in [0, 0.1) is 0 Å². The maximum atomic E-state index is 11.9. The zero-order chi connectivity index (χ0) is 15.1. The van der Waals surface area contributed by atoms with E-state index in [1.54, 1.807) is 12.1 Å². The summed E-state index contributed by atoms with van der Waals surface area (Å²) in [6.07, 6.45) is -0.119. The van der Waals surface area contributed by atoms with Gasteiger partial charge in [-0.15, -0.1) is 0 Å². The molecule has 0 saturated carbocycles. The molecule has 4 N–H and O–H groups in total. The van der Waals surface area contributed by atoms with Crippen molar-refractivity contribution in [1.82, 2.24) is 5.32 Å². The van der Waals surface area contributed by atoms with Gasteiger partial charge in [0.1, 0.15) is 0 Å². The van der Waals surface area contributed by atoms with Crippen molar-refractivity contribution in [3.8, 4) is 0 Å². The first-order valence-electron chi connectivity index (χ1n) is 6.47. The van der Waals surface area contributed by atoms with Crippen LogP contribution < -0.4 is 16.0 Å². The number of rotatable bonds is 7. The molecule has 6 nitrogen and oxygen atoms in total. The van der Waals surface area contributed by atoms with Crippen LogP contribution in [0.5, 0.6) is 0 Å². The lowest BCUT2D eigenvalue weighted by Gasteiger charge is -2.16. The van der Waals surface area contributed by atoms with Crippen LogP contribution in [0.25, 0.3) is 0 Å². The molecule has 20 heavy (non-hydrogen) atoms. The van der Waals surface area contributed by atoms with Gasteiger partial charge in [0.2, 0.25) is 0 Å². The van der Waals surface area contributed by atoms with Gasteiger partial charge in [0.05, 0.1) is 24.1 Å². The van der Waals surface area contributed by atoms with E-state index in [1.807, 2.05) is 25.1 Å². The molecule has 0 spiro atoms. The zero-order valence-corrected chi connectivity index (χ0v) is 12.2. The number of hydrogen-bond acceptors (Lipinski definition) is 5. The first-order valence-corrected chi connectivity index (χ1v) is 6.47. The lowest BCUT2D eigenvalue weighted by atomic mass is 10.1. The molecule has 0 aliphatic rings. The third-order valence-corrected chi connectivity index (χ3v) is 2.89. The Labute approximate surface area is 119 Å². The first-order chi connectivity index (χ1) is 9.45. The Kier molecular flexibility index (Phi) is 6.27. The van der Waals surface area contributed by atoms with Crippen LogP contribution in [0.15, 0.2) is 18.2 Å². The van der Waals surface area contributed by atoms with E-state index in [0.29, 0.717) is 24.2 Å². The van der Waals surface area contributed by atoms with Gasteiger partial charge in [-0.05, 0) is 24.6 Å². The standard InChI is InChI=1S/C14H23N3O3/c1-17(2)13-5-4-10(8-12(13)15)14(19)16-7-6-11(18)9-20-3/h4-5,8,11,18H,6-7,9,15H2,1-3H3,(H,16,19). The predicted molar refractivity (Wildman–Crippen MR) is 80.0 cm³/mol. The molecule has 1 aromatic rings. The predicted octanol–water partition coefficient (Wildman–Crippen LogP) is 0.462. The SMILES string of the molecule is COCC(O)CCNC(=O)c1ccc(N(C)C)c(N)c1. The summed E-state index contributed by atoms with van der Waals surface area (Å²) < 4.78 is 4.81. The van der Waals surface area contributed by atoms with Crippen molar-refractivity contribution in [2.75, 3.05) is 45.0 Å². The van der Waals surface area contributed by atoms with Crippen molar-refractivity contribution in [3.63, 3.8) is 0 Å². The van der Waals surface area contributed by atoms with E-state index in [1.165, 1.54) is 7.11 Å². The van der Waals surface area contributed by atoms with Crippen LogP contribution in [-0.4, -0.2) is 51.5 Å². The minimum absolute atomic E-state index is 0.202. The zero-order valence-electron chi connectivity index (χ0n) is 12.2. The quantitative estimate of drug-likeness (QED) is 0.632. The third kappa shape index (κ3) is 4.71. The molecule has 0 radical (unpaired) electrons. The molecule has 0 aromatic heterocycles. The average molecular weight is 281 g/mol. The highest BCUT2D eigenvalue weighted by atomic mass is 16.5. The highest BCUT2D eigenvalue weighted by Crippen LogP contribution is 2.22. The normalized spacial score (nSPS) is 12.0. The maximum absolute atomic E-state index is 11.9. The van der Waals surface area contributed by atoms with Gasteiger partial charge < -0.3 is 25.8 Å². The monoisotopic (exact) mass is 281 g/mol. The van der Waals surface area contributed by atoms with Crippen molar-refractivity contribution in [3.05, 3.63) is 23.8 Å². The molecule has 112 valence electrons. The Morgan fingerprint density at radius 3 is 2.75 bits per heavy atom. The fraction of sp³-hybridized carbons (Fsp3) is 0.500. The molecule has 0 fully saturated rings. The van der Waals surface area contributed by atoms with Gasteiger partial charge in [0, 0.05) is 33.3 Å². The number of nitrogens with two attached hydrogens (primary N) is 1. The largest absolute Gasteiger partial charge is 0.397 e. The Balaban J connectivity index is 2.54. The lowest BCUT2D eigenvalue weighted by molar-refractivity contribution is 0.0587. The van der Waals surface area contributed by atoms with Crippen molar-refractivity contribution in [2.45, 2.75) is 12.5 Å². The molecule has 0 bridgehead atoms. The van der Waals surface area contributed by atoms with Crippen molar-refractivity contribution >= 4 is 17.3 Å². The topological polar surface area (TPSA) is 87.8 Å². The fourth-order valence-electron chi connectivity index (χ4n) is 1.83. The summed E-state index contributed by atoms with van der Waals surface area (Å²) in [6, 6.07) is 5.19. The van der Waals surface area contributed by atoms with E-state index in [4.69, 9.17) is 10.5 Å². The Morgan fingerprint density at radius 1 is 1.50 bits per heavy atom. The second-order valence-electron chi connectivity index (χ2n) is 4.82. The lowest BCUT2D eigenvalue weighted by Crippen LogP contribution is -2.28. The van der Waals surface area contributed by atoms with Gasteiger partial charge in [-0.3, -0.25) is 4.79 Å². The second-order valence-corrected chi connectivity index (χ2v) is 4.82. The van der Waals surface area contributed by atoms with Gasteiger partial charge in [-0.25, -0.2) is 0 Å². The molecule has 1 unspecified atom stereocenters. The number of carbonyl (C=O) groups is 1. The molecule has 0 aliphatic heterocycles. The smallest absolute Gasteiger partial charge is 0.251 e. The highest BCUT2D eigenvalue weighted by molar-refractivity contribution is 5.96. The van der Waals surface area contributed by atoms with Crippen molar-refractivity contribution in [2.24, 2.45) is 0 Å². The molecular formula is C14H23N3O3. The maximum Gasteiger partial charge on any atom is 0.251 e. The number of hydrogen-bond donors (Lipinski definition) is 3. The van der Waals surface area contributed by atoms with Crippen molar-refractivity contribution in [1.29, 1.82) is 0 Å². The van der Waals surface area contributed by atoms with E-state index < -0.39 is 6.10 Å². The number of anilines is 2. The molecule has 0 heterocycles. The number of nitrogens with zero attached hydrogens (tertiary/aromatic N) is 1. The molecule has 6 heteroatoms. The number of ether oxygens (including phenoxy) is 1. The van der Waals surface area contributed by atoms with Crippen molar-refractivity contribution < 1.29 is 14.6 Å². The number of benzene rings is 1. The number of amides is 1. The third-order valence-electron chi connectivity index (χ3n) is 2.89. The molecule has 1 aromatic carbocycles. The minimum Gasteiger partial charge on any atom is -0.397 e. The summed E-state index contributed by atoms with van der Waals surface area (Å²) in [5.74, 6) is -0.202. The number of aliphatic hydroxyl groups excluding tert-OH is 1. The Hall–Kier alpha value is -1.79. The van der Waals surface area contributed by atoms with E-state index in [-0.39, 0.29) is 12.5 Å². The van der Waals surface area contributed by atoms with Gasteiger partial charge in [-0.1, -0.05) is 0 Å². The van der Waals surface area contributed by atoms with E-state index in [0.717, 1.165) is 5.69 Å². The van der Waals surface area contributed by atoms with Gasteiger partial charge in [-0.2, -0.15) is 0 Å². The minimum atomic E-state index is -0.568. The summed E-state index contributed by atoms with van der Waals surface area (Å²) in [6.45, 7) is 0.652. The van der Waals surface area contributed by atoms with E-state index in [9.17, 15) is 9.90 Å². The number of nitrogen functional groups attached to an aromatic ring is 1. The number of methoxy groups -OCH3 is 1. The molecule has 0 saturated heterocycles. The second kappa shape index (κ2) is 7.72. The van der Waals surface area contributed by atoms with Crippen LogP contribution >= 0.6 is 0 Å². The Bertz CT molecular complexity index is 449. The van der Waals surface area contributed by atoms with Gasteiger partial charge >= 0.3 is 0 Å². The summed E-state index contributed by atoms with van der Waals surface area (Å²) in [7, 11) is 5.31. The van der Waals surface area contributed by atoms with E-state index >= 15 is 0 Å². The van der Waals surface area contributed by atoms with Crippen LogP contribution in [0.1, 0.15) is 16.8 Å². The number of aliphatic hydroxyl groups is 1. The molecule has 1 atom stereocenters. The van der Waals surface area contributed by atoms with Crippen LogP contribution in [-0.2, 0) is 4.74 Å². The number of carbonyl (C=O) groups excluding carboxylic acids is 1. The highest BCUT2D eigenvalue weighted by Gasteiger charge is 2.10. The first kappa shape index (κ1) is 16.3. The summed E-state index contributed by atoms with van der Waals surface area (Å²) in [4.78, 5) is 13.8. The summed E-state index contributed by atoms with van der Waals surface area (Å²) >= 11 is 0. The summed E-state index contributed by atoms with van der Waals surface area (Å²) in [5, 5.41) is 12.2. The van der Waals surface area contributed by atoms with Crippen LogP contribution in [0.3, 0.4) is 0 Å². The van der Waals surface area contributed by atoms with Crippen LogP contribution in [0.2, 0.25) is 0 Å². The van der Waals surface area contributed by atoms with E-state index in [2.05, 4.69) is 5.32 Å². The molecule has 1 amide bonds. The summed E-state index contributed by atoms with van der Waals surface area (Å²) in [5.41, 5.74) is 7.84. The fourth-order valence-corrected chi connectivity index (χ4v) is 1.83. The average Bonchev–Trinajstić information content (AvgIpc) is 2.38. The van der Waals surface area contributed by atoms with Gasteiger partial charge in [0.25, 0.3) is 5.91 Å². The molecule has 0 aliphatic carbocycles. The van der Waals surface area contributed by atoms with Crippen LogP contribution in [0.4, 0.5) is 11.4 Å². The molecular weight excluding hydrogens is 258 g/mol. The number of nitrogens with one attached hydrogen (secondary N) is 1. The Morgan fingerprint density at radius 2 is 2.20 bits per heavy atom. The van der Waals surface area contributed by atoms with Gasteiger partial charge in [0.15, 0.2) is 0 Å². The molecule has 1 rings (SSSR count).